The number of hydrogen-bond acceptors (Lipinski definition) is 3. The lowest BCUT2D eigenvalue weighted by Crippen LogP contribution is -2.23. The molecule has 0 spiro atoms. The number of nitrogens with zero attached hydrogens (tertiary/aromatic N) is 4. The van der Waals surface area contributed by atoms with Gasteiger partial charge in [-0.3, -0.25) is 0 Å². The minimum atomic E-state index is 0.571. The first-order valence-corrected chi connectivity index (χ1v) is 4.89. The van der Waals surface area contributed by atoms with Crippen LogP contribution in [-0.4, -0.2) is 43.6 Å². The molecular formula is C6H14N4S. The Morgan fingerprint density at radius 1 is 1.55 bits per heavy atom. The monoisotopic (exact) mass is 174 g/mol. The maximum Gasteiger partial charge on any atom is 0.0385 e. The second kappa shape index (κ2) is 7.72. The molecule has 0 aromatic rings. The van der Waals surface area contributed by atoms with Gasteiger partial charge in [-0.15, -0.1) is 0 Å². The summed E-state index contributed by atoms with van der Waals surface area (Å²) >= 11 is 1.82. The van der Waals surface area contributed by atoms with Crippen LogP contribution in [0.25, 0.3) is 10.4 Å². The number of azide groups is 1. The molecule has 5 heteroatoms. The molecule has 0 atom stereocenters. The quantitative estimate of drug-likeness (QED) is 0.349. The molecule has 0 N–H and O–H groups in total. The largest absolute Gasteiger partial charge is 0.305 e. The van der Waals surface area contributed by atoms with Crippen LogP contribution in [0, 0.1) is 0 Å². The first-order valence-electron chi connectivity index (χ1n) is 3.49. The molecule has 4 nitrogen and oxygen atoms in total. The first-order chi connectivity index (χ1) is 5.31. The molecule has 0 fully saturated rings. The van der Waals surface area contributed by atoms with Crippen molar-refractivity contribution in [2.45, 2.75) is 0 Å². The highest BCUT2D eigenvalue weighted by Gasteiger charge is 1.94. The Balaban J connectivity index is 3.21. The predicted molar refractivity (Wildman–Crippen MR) is 49.9 cm³/mol. The van der Waals surface area contributed by atoms with Gasteiger partial charge in [-0.25, -0.2) is 0 Å². The van der Waals surface area contributed by atoms with Gasteiger partial charge in [0.1, 0.15) is 0 Å². The molecule has 0 aromatic carbocycles. The molecule has 0 aliphatic rings. The summed E-state index contributed by atoms with van der Waals surface area (Å²) in [4.78, 5) is 4.84. The number of rotatable bonds is 6. The van der Waals surface area contributed by atoms with Crippen molar-refractivity contribution in [2.75, 3.05) is 38.7 Å². The predicted octanol–water partition coefficient (Wildman–Crippen LogP) is 1.59. The number of thioether (sulfide) groups is 1. The minimum Gasteiger partial charge on any atom is -0.305 e. The van der Waals surface area contributed by atoms with Gasteiger partial charge in [0, 0.05) is 30.3 Å². The van der Waals surface area contributed by atoms with E-state index in [1.807, 2.05) is 18.8 Å². The fourth-order valence-corrected chi connectivity index (χ4v) is 1.11. The molecule has 0 radical (unpaired) electrons. The standard InChI is InChI=1S/C6H14N4S/c1-10(5-6-11-2)4-3-8-9-7/h3-6H2,1-2H3. The second-order valence-electron chi connectivity index (χ2n) is 2.25. The minimum absolute atomic E-state index is 0.571. The van der Waals surface area contributed by atoms with Gasteiger partial charge < -0.3 is 4.90 Å². The van der Waals surface area contributed by atoms with Crippen LogP contribution >= 0.6 is 11.8 Å². The highest BCUT2D eigenvalue weighted by atomic mass is 32.2. The molecule has 0 saturated heterocycles. The van der Waals surface area contributed by atoms with E-state index in [2.05, 4.69) is 21.2 Å². The van der Waals surface area contributed by atoms with Gasteiger partial charge in [-0.05, 0) is 18.8 Å². The third-order valence-electron chi connectivity index (χ3n) is 1.32. The summed E-state index contributed by atoms with van der Waals surface area (Å²) in [6, 6.07) is 0. The van der Waals surface area contributed by atoms with Crippen LogP contribution in [0.1, 0.15) is 0 Å². The molecule has 0 bridgehead atoms. The molecule has 64 valence electrons. The molecule has 0 unspecified atom stereocenters. The maximum absolute atomic E-state index is 7.99. The smallest absolute Gasteiger partial charge is 0.0385 e. The van der Waals surface area contributed by atoms with Crippen molar-refractivity contribution in [3.63, 3.8) is 0 Å². The van der Waals surface area contributed by atoms with Crippen molar-refractivity contribution in [1.29, 1.82) is 0 Å². The summed E-state index contributed by atoms with van der Waals surface area (Å²) in [6.07, 6.45) is 2.08. The molecule has 0 amide bonds. The van der Waals surface area contributed by atoms with Crippen molar-refractivity contribution in [3.8, 4) is 0 Å². The zero-order valence-corrected chi connectivity index (χ0v) is 7.84. The normalized spacial score (nSPS) is 9.73. The van der Waals surface area contributed by atoms with E-state index in [9.17, 15) is 0 Å². The Kier molecular flexibility index (Phi) is 7.46. The van der Waals surface area contributed by atoms with Crippen LogP contribution in [-0.2, 0) is 0 Å². The van der Waals surface area contributed by atoms with Crippen molar-refractivity contribution in [1.82, 2.24) is 4.90 Å². The fraction of sp³-hybridized carbons (Fsp3) is 1.00. The Bertz CT molecular complexity index is 133. The summed E-state index contributed by atoms with van der Waals surface area (Å²) in [5.74, 6) is 1.13. The van der Waals surface area contributed by atoms with Crippen LogP contribution in [0.2, 0.25) is 0 Å². The van der Waals surface area contributed by atoms with Gasteiger partial charge in [0.15, 0.2) is 0 Å². The topological polar surface area (TPSA) is 52.0 Å². The van der Waals surface area contributed by atoms with E-state index in [1.165, 1.54) is 0 Å². The fourth-order valence-electron chi connectivity index (χ4n) is 0.619. The van der Waals surface area contributed by atoms with E-state index in [0.29, 0.717) is 6.54 Å². The zero-order valence-electron chi connectivity index (χ0n) is 7.03. The Hall–Kier alpha value is -0.380. The van der Waals surface area contributed by atoms with E-state index in [0.717, 1.165) is 18.8 Å². The summed E-state index contributed by atoms with van der Waals surface area (Å²) in [5, 5.41) is 3.45. The van der Waals surface area contributed by atoms with Gasteiger partial charge in [-0.2, -0.15) is 11.8 Å². The lowest BCUT2D eigenvalue weighted by Gasteiger charge is -2.13. The SMILES string of the molecule is CSCCN(C)CCN=[N+]=[N-]. The van der Waals surface area contributed by atoms with Crippen molar-refractivity contribution in [3.05, 3.63) is 10.4 Å². The summed E-state index contributed by atoms with van der Waals surface area (Å²) in [7, 11) is 2.03. The number of likely N-dealkylation sites (N-methyl/N-ethyl adjacent to an activating group) is 1. The maximum atomic E-state index is 7.99. The lowest BCUT2D eigenvalue weighted by molar-refractivity contribution is 0.366. The molecule has 0 aliphatic heterocycles. The summed E-state index contributed by atoms with van der Waals surface area (Å²) < 4.78 is 0. The summed E-state index contributed by atoms with van der Waals surface area (Å²) in [6.45, 7) is 2.48. The van der Waals surface area contributed by atoms with Gasteiger partial charge in [0.2, 0.25) is 0 Å². The molecular weight excluding hydrogens is 160 g/mol. The van der Waals surface area contributed by atoms with Gasteiger partial charge >= 0.3 is 0 Å². The Labute approximate surface area is 71.6 Å². The van der Waals surface area contributed by atoms with E-state index in [4.69, 9.17) is 5.53 Å². The van der Waals surface area contributed by atoms with E-state index >= 15 is 0 Å². The van der Waals surface area contributed by atoms with E-state index in [-0.39, 0.29) is 0 Å². The van der Waals surface area contributed by atoms with Gasteiger partial charge in [0.25, 0.3) is 0 Å². The number of hydrogen-bond donors (Lipinski definition) is 0. The van der Waals surface area contributed by atoms with Crippen LogP contribution in [0.3, 0.4) is 0 Å². The average molecular weight is 174 g/mol. The lowest BCUT2D eigenvalue weighted by atomic mass is 10.5. The van der Waals surface area contributed by atoms with E-state index in [1.54, 1.807) is 0 Å². The second-order valence-corrected chi connectivity index (χ2v) is 3.24. The van der Waals surface area contributed by atoms with Gasteiger partial charge in [0.05, 0.1) is 0 Å². The molecule has 0 saturated carbocycles. The van der Waals surface area contributed by atoms with Crippen LogP contribution in [0.15, 0.2) is 5.11 Å². The van der Waals surface area contributed by atoms with Crippen LogP contribution in [0.5, 0.6) is 0 Å². The molecule has 0 rings (SSSR count). The molecule has 11 heavy (non-hydrogen) atoms. The molecule has 0 aliphatic carbocycles. The van der Waals surface area contributed by atoms with E-state index < -0.39 is 0 Å². The average Bonchev–Trinajstić information content (AvgIpc) is 2.01. The van der Waals surface area contributed by atoms with Crippen molar-refractivity contribution < 1.29 is 0 Å². The highest BCUT2D eigenvalue weighted by molar-refractivity contribution is 7.98. The van der Waals surface area contributed by atoms with Crippen molar-refractivity contribution >= 4 is 11.8 Å². The van der Waals surface area contributed by atoms with Crippen LogP contribution in [0.4, 0.5) is 0 Å². The molecule has 0 aromatic heterocycles. The third-order valence-corrected chi connectivity index (χ3v) is 1.91. The Morgan fingerprint density at radius 3 is 2.82 bits per heavy atom. The molecule has 0 heterocycles. The summed E-state index contributed by atoms with van der Waals surface area (Å²) in [5.41, 5.74) is 7.99. The van der Waals surface area contributed by atoms with Gasteiger partial charge in [-0.1, -0.05) is 5.11 Å². The zero-order chi connectivity index (χ0) is 8.53. The Morgan fingerprint density at radius 2 is 2.27 bits per heavy atom. The third kappa shape index (κ3) is 7.52. The first kappa shape index (κ1) is 10.6. The van der Waals surface area contributed by atoms with Crippen LogP contribution < -0.4 is 0 Å². The van der Waals surface area contributed by atoms with Crippen molar-refractivity contribution in [2.24, 2.45) is 5.11 Å². The highest BCUT2D eigenvalue weighted by Crippen LogP contribution is 1.92.